The number of rotatable bonds is 4. The van der Waals surface area contributed by atoms with Gasteiger partial charge in [0.2, 0.25) is 0 Å². The van der Waals surface area contributed by atoms with Crippen molar-refractivity contribution in [2.45, 2.75) is 32.5 Å². The minimum atomic E-state index is -0.899. The van der Waals surface area contributed by atoms with E-state index < -0.39 is 5.85 Å². The van der Waals surface area contributed by atoms with Gasteiger partial charge in [-0.1, -0.05) is 13.3 Å². The zero-order valence-corrected chi connectivity index (χ0v) is 6.18. The van der Waals surface area contributed by atoms with Gasteiger partial charge in [0.25, 0.3) is 0 Å². The van der Waals surface area contributed by atoms with Crippen LogP contribution in [0.15, 0.2) is 0 Å². The number of nitrogens with two attached hydrogens (primary N) is 2. The molecule has 0 rings (SSSR count). The number of ether oxygens (including phenoxy) is 1. The SMILES string of the molecule is CCCC(N)(N)OCC. The van der Waals surface area contributed by atoms with Crippen molar-refractivity contribution in [2.24, 2.45) is 11.5 Å². The lowest BCUT2D eigenvalue weighted by molar-refractivity contribution is -0.0365. The van der Waals surface area contributed by atoms with Gasteiger partial charge in [0, 0.05) is 13.0 Å². The van der Waals surface area contributed by atoms with Crippen molar-refractivity contribution < 1.29 is 4.74 Å². The van der Waals surface area contributed by atoms with E-state index in [2.05, 4.69) is 0 Å². The summed E-state index contributed by atoms with van der Waals surface area (Å²) in [6, 6.07) is 0. The van der Waals surface area contributed by atoms with Crippen LogP contribution in [0.25, 0.3) is 0 Å². The molecule has 0 aliphatic rings. The van der Waals surface area contributed by atoms with Crippen LogP contribution in [-0.4, -0.2) is 12.5 Å². The maximum absolute atomic E-state index is 5.49. The molecular formula is C6H16N2O. The van der Waals surface area contributed by atoms with Crippen LogP contribution in [0.2, 0.25) is 0 Å². The molecule has 0 saturated heterocycles. The molecule has 0 radical (unpaired) electrons. The predicted molar refractivity (Wildman–Crippen MR) is 37.6 cm³/mol. The molecule has 0 atom stereocenters. The van der Waals surface area contributed by atoms with Gasteiger partial charge in [0.05, 0.1) is 0 Å². The van der Waals surface area contributed by atoms with Crippen LogP contribution in [0.3, 0.4) is 0 Å². The molecular weight excluding hydrogens is 116 g/mol. The summed E-state index contributed by atoms with van der Waals surface area (Å²) in [6.07, 6.45) is 1.66. The Labute approximate surface area is 56.4 Å². The third-order valence-electron chi connectivity index (χ3n) is 1.05. The van der Waals surface area contributed by atoms with Crippen LogP contribution in [0.5, 0.6) is 0 Å². The first kappa shape index (κ1) is 8.88. The van der Waals surface area contributed by atoms with Gasteiger partial charge in [0.1, 0.15) is 0 Å². The maximum Gasteiger partial charge on any atom is 0.169 e. The van der Waals surface area contributed by atoms with E-state index >= 15 is 0 Å². The minimum Gasteiger partial charge on any atom is -0.348 e. The van der Waals surface area contributed by atoms with E-state index in [1.54, 1.807) is 0 Å². The van der Waals surface area contributed by atoms with E-state index in [0.717, 1.165) is 6.42 Å². The Bertz CT molecular complexity index is 65.5. The smallest absolute Gasteiger partial charge is 0.169 e. The molecule has 3 nitrogen and oxygen atoms in total. The normalized spacial score (nSPS) is 12.0. The molecule has 0 aliphatic heterocycles. The number of hydrogen-bond donors (Lipinski definition) is 2. The van der Waals surface area contributed by atoms with Crippen molar-refractivity contribution >= 4 is 0 Å². The van der Waals surface area contributed by atoms with Crippen LogP contribution in [0.1, 0.15) is 26.7 Å². The fraction of sp³-hybridized carbons (Fsp3) is 1.00. The molecule has 4 N–H and O–H groups in total. The molecule has 0 aromatic rings. The zero-order valence-electron chi connectivity index (χ0n) is 6.18. The fourth-order valence-electron chi connectivity index (χ4n) is 0.732. The van der Waals surface area contributed by atoms with Crippen LogP contribution in [0.4, 0.5) is 0 Å². The predicted octanol–water partition coefficient (Wildman–Crippen LogP) is 0.394. The summed E-state index contributed by atoms with van der Waals surface area (Å²) >= 11 is 0. The minimum absolute atomic E-state index is 0.576. The van der Waals surface area contributed by atoms with Crippen LogP contribution >= 0.6 is 0 Å². The van der Waals surface area contributed by atoms with Crippen molar-refractivity contribution in [3.8, 4) is 0 Å². The van der Waals surface area contributed by atoms with Gasteiger partial charge in [-0.15, -0.1) is 0 Å². The molecule has 0 unspecified atom stereocenters. The van der Waals surface area contributed by atoms with Crippen LogP contribution < -0.4 is 11.5 Å². The Morgan fingerprint density at radius 3 is 2.22 bits per heavy atom. The van der Waals surface area contributed by atoms with Crippen molar-refractivity contribution in [2.75, 3.05) is 6.61 Å². The van der Waals surface area contributed by atoms with E-state index in [1.807, 2.05) is 13.8 Å². The molecule has 0 saturated carbocycles. The van der Waals surface area contributed by atoms with Gasteiger partial charge in [-0.25, -0.2) is 0 Å². The molecule has 0 aromatic heterocycles. The molecule has 0 spiro atoms. The number of hydrogen-bond acceptors (Lipinski definition) is 3. The molecule has 9 heavy (non-hydrogen) atoms. The summed E-state index contributed by atoms with van der Waals surface area (Å²) in [5, 5.41) is 0. The quantitative estimate of drug-likeness (QED) is 0.544. The van der Waals surface area contributed by atoms with Gasteiger partial charge < -0.3 is 4.74 Å². The molecule has 0 fully saturated rings. The highest BCUT2D eigenvalue weighted by Crippen LogP contribution is 2.02. The van der Waals surface area contributed by atoms with Crippen molar-refractivity contribution in [3.63, 3.8) is 0 Å². The second-order valence-electron chi connectivity index (χ2n) is 2.14. The summed E-state index contributed by atoms with van der Waals surface area (Å²) in [5.74, 6) is -0.899. The van der Waals surface area contributed by atoms with Crippen molar-refractivity contribution in [1.82, 2.24) is 0 Å². The van der Waals surface area contributed by atoms with Gasteiger partial charge in [0.15, 0.2) is 5.85 Å². The molecule has 0 bridgehead atoms. The Hall–Kier alpha value is -0.120. The lowest BCUT2D eigenvalue weighted by Crippen LogP contribution is -2.51. The lowest BCUT2D eigenvalue weighted by Gasteiger charge is -2.22. The van der Waals surface area contributed by atoms with E-state index in [-0.39, 0.29) is 0 Å². The first-order valence-electron chi connectivity index (χ1n) is 3.34. The second-order valence-corrected chi connectivity index (χ2v) is 2.14. The zero-order chi connectivity index (χ0) is 7.33. The average molecular weight is 132 g/mol. The van der Waals surface area contributed by atoms with Gasteiger partial charge in [-0.3, -0.25) is 11.5 Å². The molecule has 3 heteroatoms. The van der Waals surface area contributed by atoms with Crippen molar-refractivity contribution in [3.05, 3.63) is 0 Å². The molecule has 56 valence electrons. The monoisotopic (exact) mass is 132 g/mol. The van der Waals surface area contributed by atoms with E-state index in [0.29, 0.717) is 13.0 Å². The van der Waals surface area contributed by atoms with Gasteiger partial charge >= 0.3 is 0 Å². The Balaban J connectivity index is 3.43. The lowest BCUT2D eigenvalue weighted by atomic mass is 10.2. The summed E-state index contributed by atoms with van der Waals surface area (Å²) in [5.41, 5.74) is 11.0. The van der Waals surface area contributed by atoms with Crippen LogP contribution in [0, 0.1) is 0 Å². The largest absolute Gasteiger partial charge is 0.348 e. The van der Waals surface area contributed by atoms with E-state index in [9.17, 15) is 0 Å². The standard InChI is InChI=1S/C6H16N2O/c1-3-5-6(7,8)9-4-2/h3-5,7-8H2,1-2H3. The first-order chi connectivity index (χ1) is 4.12. The third-order valence-corrected chi connectivity index (χ3v) is 1.05. The molecule has 0 amide bonds. The Kier molecular flexibility index (Phi) is 3.77. The fourth-order valence-corrected chi connectivity index (χ4v) is 0.732. The summed E-state index contributed by atoms with van der Waals surface area (Å²) in [6.45, 7) is 4.48. The second kappa shape index (κ2) is 3.82. The highest BCUT2D eigenvalue weighted by molar-refractivity contribution is 4.61. The van der Waals surface area contributed by atoms with E-state index in [4.69, 9.17) is 16.2 Å². The average Bonchev–Trinajstić information content (AvgIpc) is 1.64. The topological polar surface area (TPSA) is 61.3 Å². The maximum atomic E-state index is 5.49. The summed E-state index contributed by atoms with van der Waals surface area (Å²) < 4.78 is 5.03. The first-order valence-corrected chi connectivity index (χ1v) is 3.34. The molecule has 0 heterocycles. The highest BCUT2D eigenvalue weighted by Gasteiger charge is 2.15. The Morgan fingerprint density at radius 1 is 1.33 bits per heavy atom. The Morgan fingerprint density at radius 2 is 1.89 bits per heavy atom. The van der Waals surface area contributed by atoms with E-state index in [1.165, 1.54) is 0 Å². The highest BCUT2D eigenvalue weighted by atomic mass is 16.5. The van der Waals surface area contributed by atoms with Crippen LogP contribution in [-0.2, 0) is 4.74 Å². The van der Waals surface area contributed by atoms with Crippen molar-refractivity contribution in [1.29, 1.82) is 0 Å². The molecule has 0 aliphatic carbocycles. The summed E-state index contributed by atoms with van der Waals surface area (Å²) in [4.78, 5) is 0. The summed E-state index contributed by atoms with van der Waals surface area (Å²) in [7, 11) is 0. The third kappa shape index (κ3) is 4.39. The molecule has 0 aromatic carbocycles. The van der Waals surface area contributed by atoms with Gasteiger partial charge in [-0.05, 0) is 6.92 Å². The van der Waals surface area contributed by atoms with Gasteiger partial charge in [-0.2, -0.15) is 0 Å².